The van der Waals surface area contributed by atoms with E-state index in [1.165, 1.54) is 50.5 Å². The topological polar surface area (TPSA) is 29.5 Å². The molecular weight excluding hydrogens is 322 g/mol. The fraction of sp³-hybridized carbons (Fsp3) is 0.870. The summed E-state index contributed by atoms with van der Waals surface area (Å²) in [5.74, 6) is 3.67. The summed E-state index contributed by atoms with van der Waals surface area (Å²) in [5, 5.41) is 0. The first kappa shape index (κ1) is 18.7. The maximum Gasteiger partial charge on any atom is 0.155 e. The summed E-state index contributed by atoms with van der Waals surface area (Å²) in [6, 6.07) is 0. The van der Waals surface area contributed by atoms with Gasteiger partial charge in [-0.05, 0) is 101 Å². The van der Waals surface area contributed by atoms with Gasteiger partial charge in [-0.15, -0.1) is 0 Å². The molecule has 0 N–H and O–H groups in total. The third kappa shape index (κ3) is 3.09. The Morgan fingerprint density at radius 1 is 1.12 bits per heavy atom. The van der Waals surface area contributed by atoms with Gasteiger partial charge in [-0.2, -0.15) is 0 Å². The molecule has 0 bridgehead atoms. The van der Waals surface area contributed by atoms with E-state index < -0.39 is 0 Å². The lowest BCUT2D eigenvalue weighted by Gasteiger charge is -2.54. The monoisotopic (exact) mass is 359 g/mol. The SMILES string of the molecule is CC[C@]12CC[C@H]3[C@@H](CCC4=CC(=O)CC[C@@H]43)[C@@H]1CC[C@@H]2OCCN(C)C. The Kier molecular flexibility index (Phi) is 5.31. The zero-order valence-corrected chi connectivity index (χ0v) is 17.0. The summed E-state index contributed by atoms with van der Waals surface area (Å²) >= 11 is 0. The number of hydrogen-bond acceptors (Lipinski definition) is 3. The van der Waals surface area contributed by atoms with Gasteiger partial charge in [0, 0.05) is 13.0 Å². The lowest BCUT2D eigenvalue weighted by molar-refractivity contribution is -0.116. The summed E-state index contributed by atoms with van der Waals surface area (Å²) in [6.07, 6.45) is 13.5. The molecule has 0 amide bonds. The summed E-state index contributed by atoms with van der Waals surface area (Å²) in [4.78, 5) is 14.1. The van der Waals surface area contributed by atoms with Gasteiger partial charge in [0.1, 0.15) is 0 Å². The van der Waals surface area contributed by atoms with Crippen molar-refractivity contribution in [2.75, 3.05) is 27.2 Å². The lowest BCUT2D eigenvalue weighted by Crippen LogP contribution is -2.49. The number of ether oxygens (including phenoxy) is 1. The first-order chi connectivity index (χ1) is 12.5. The molecule has 0 heterocycles. The number of likely N-dealkylation sites (N-methyl/N-ethyl adjacent to an activating group) is 1. The maximum absolute atomic E-state index is 11.9. The van der Waals surface area contributed by atoms with Crippen LogP contribution in [0.5, 0.6) is 0 Å². The van der Waals surface area contributed by atoms with Crippen LogP contribution in [0, 0.1) is 29.1 Å². The van der Waals surface area contributed by atoms with Gasteiger partial charge < -0.3 is 9.64 Å². The fourth-order valence-electron chi connectivity index (χ4n) is 7.24. The summed E-state index contributed by atoms with van der Waals surface area (Å²) in [6.45, 7) is 4.31. The van der Waals surface area contributed by atoms with Crippen molar-refractivity contribution < 1.29 is 9.53 Å². The van der Waals surface area contributed by atoms with Crippen molar-refractivity contribution in [3.63, 3.8) is 0 Å². The van der Waals surface area contributed by atoms with E-state index in [1.54, 1.807) is 0 Å². The first-order valence-corrected chi connectivity index (χ1v) is 11.0. The molecule has 6 atom stereocenters. The van der Waals surface area contributed by atoms with E-state index >= 15 is 0 Å². The van der Waals surface area contributed by atoms with Crippen LogP contribution in [0.25, 0.3) is 0 Å². The third-order valence-electron chi connectivity index (χ3n) is 8.45. The zero-order valence-electron chi connectivity index (χ0n) is 17.0. The number of nitrogens with zero attached hydrogens (tertiary/aromatic N) is 1. The Morgan fingerprint density at radius 2 is 1.96 bits per heavy atom. The first-order valence-electron chi connectivity index (χ1n) is 11.0. The summed E-state index contributed by atoms with van der Waals surface area (Å²) < 4.78 is 6.48. The molecule has 3 heteroatoms. The molecule has 0 spiro atoms. The van der Waals surface area contributed by atoms with Crippen molar-refractivity contribution in [3.8, 4) is 0 Å². The number of carbonyl (C=O) groups is 1. The molecule has 0 radical (unpaired) electrons. The Labute approximate surface area is 159 Å². The average molecular weight is 360 g/mol. The van der Waals surface area contributed by atoms with E-state index in [9.17, 15) is 4.79 Å². The van der Waals surface area contributed by atoms with Crippen LogP contribution in [0.4, 0.5) is 0 Å². The average Bonchev–Trinajstić information content (AvgIpc) is 3.00. The van der Waals surface area contributed by atoms with Crippen molar-refractivity contribution in [3.05, 3.63) is 11.6 Å². The van der Waals surface area contributed by atoms with Crippen molar-refractivity contribution >= 4 is 5.78 Å². The Morgan fingerprint density at radius 3 is 2.73 bits per heavy atom. The summed E-state index contributed by atoms with van der Waals surface area (Å²) in [5.41, 5.74) is 1.93. The van der Waals surface area contributed by atoms with Crippen LogP contribution in [0.2, 0.25) is 0 Å². The van der Waals surface area contributed by atoms with Crippen molar-refractivity contribution in [1.82, 2.24) is 4.90 Å². The highest BCUT2D eigenvalue weighted by Gasteiger charge is 2.58. The zero-order chi connectivity index (χ0) is 18.3. The molecule has 4 aliphatic carbocycles. The maximum atomic E-state index is 11.9. The minimum Gasteiger partial charge on any atom is -0.376 e. The van der Waals surface area contributed by atoms with E-state index in [1.807, 2.05) is 6.08 Å². The predicted octanol–water partition coefficient (Wildman–Crippen LogP) is 4.47. The third-order valence-corrected chi connectivity index (χ3v) is 8.45. The number of rotatable bonds is 5. The normalized spacial score (nSPS) is 42.2. The highest BCUT2D eigenvalue weighted by Crippen LogP contribution is 2.63. The van der Waals surface area contributed by atoms with Crippen LogP contribution in [0.1, 0.15) is 64.7 Å². The van der Waals surface area contributed by atoms with Gasteiger partial charge in [0.25, 0.3) is 0 Å². The molecule has 3 fully saturated rings. The van der Waals surface area contributed by atoms with Crippen molar-refractivity contribution in [1.29, 1.82) is 0 Å². The minimum atomic E-state index is 0.378. The standard InChI is InChI=1S/C23H37NO2/c1-4-23-12-11-19-18-8-6-17(25)15-16(18)5-7-20(19)21(23)9-10-22(23)26-14-13-24(2)3/h15,18-22H,4-14H2,1-3H3/t18-,19+,20+,21-,22-,23-/m0/s1. The van der Waals surface area contributed by atoms with Gasteiger partial charge in [0.2, 0.25) is 0 Å². The lowest BCUT2D eigenvalue weighted by atomic mass is 9.51. The van der Waals surface area contributed by atoms with Gasteiger partial charge in [-0.1, -0.05) is 12.5 Å². The van der Waals surface area contributed by atoms with Gasteiger partial charge in [0.15, 0.2) is 5.78 Å². The molecule has 0 aromatic rings. The molecule has 0 aliphatic heterocycles. The van der Waals surface area contributed by atoms with Crippen molar-refractivity contribution in [2.24, 2.45) is 29.1 Å². The number of ketones is 1. The van der Waals surface area contributed by atoms with E-state index in [0.29, 0.717) is 17.3 Å². The molecule has 0 aromatic heterocycles. The van der Waals surface area contributed by atoms with E-state index in [4.69, 9.17) is 4.74 Å². The number of fused-ring (bicyclic) bond motifs is 5. The number of allylic oxidation sites excluding steroid dienone is 1. The molecule has 0 unspecified atom stereocenters. The second-order valence-corrected chi connectivity index (χ2v) is 9.67. The quantitative estimate of drug-likeness (QED) is 0.725. The van der Waals surface area contributed by atoms with Gasteiger partial charge >= 0.3 is 0 Å². The second kappa shape index (κ2) is 7.39. The largest absolute Gasteiger partial charge is 0.376 e. The van der Waals surface area contributed by atoms with E-state index in [-0.39, 0.29) is 0 Å². The second-order valence-electron chi connectivity index (χ2n) is 9.67. The predicted molar refractivity (Wildman–Crippen MR) is 105 cm³/mol. The Hall–Kier alpha value is -0.670. The molecule has 3 saturated carbocycles. The fourth-order valence-corrected chi connectivity index (χ4v) is 7.24. The van der Waals surface area contributed by atoms with Crippen LogP contribution < -0.4 is 0 Å². The molecule has 4 aliphatic rings. The number of hydrogen-bond donors (Lipinski definition) is 0. The smallest absolute Gasteiger partial charge is 0.155 e. The van der Waals surface area contributed by atoms with Crippen LogP contribution in [0.15, 0.2) is 11.6 Å². The molecule has 0 saturated heterocycles. The molecule has 4 rings (SSSR count). The number of carbonyl (C=O) groups excluding carboxylic acids is 1. The van der Waals surface area contributed by atoms with Crippen LogP contribution >= 0.6 is 0 Å². The van der Waals surface area contributed by atoms with Gasteiger partial charge in [0.05, 0.1) is 12.7 Å². The molecule has 146 valence electrons. The van der Waals surface area contributed by atoms with E-state index in [0.717, 1.165) is 49.7 Å². The molecule has 26 heavy (non-hydrogen) atoms. The molecule has 3 nitrogen and oxygen atoms in total. The highest BCUT2D eigenvalue weighted by atomic mass is 16.5. The van der Waals surface area contributed by atoms with E-state index in [2.05, 4.69) is 25.9 Å². The summed E-state index contributed by atoms with van der Waals surface area (Å²) in [7, 11) is 4.26. The highest BCUT2D eigenvalue weighted by molar-refractivity contribution is 5.91. The van der Waals surface area contributed by atoms with Crippen molar-refractivity contribution in [2.45, 2.75) is 70.8 Å². The molecule has 0 aromatic carbocycles. The molecular formula is C23H37NO2. The van der Waals surface area contributed by atoms with Gasteiger partial charge in [-0.25, -0.2) is 0 Å². The van der Waals surface area contributed by atoms with Crippen LogP contribution in [-0.2, 0) is 9.53 Å². The Balaban J connectivity index is 1.50. The minimum absolute atomic E-state index is 0.378. The Bertz CT molecular complexity index is 569. The van der Waals surface area contributed by atoms with Crippen LogP contribution in [-0.4, -0.2) is 44.0 Å². The van der Waals surface area contributed by atoms with Crippen LogP contribution in [0.3, 0.4) is 0 Å². The van der Waals surface area contributed by atoms with Gasteiger partial charge in [-0.3, -0.25) is 4.79 Å².